The zero-order chi connectivity index (χ0) is 26.1. The maximum atomic E-state index is 14.2. The van der Waals surface area contributed by atoms with Crippen LogP contribution < -0.4 is 5.32 Å². The molecule has 3 aromatic rings. The summed E-state index contributed by atoms with van der Waals surface area (Å²) >= 11 is 6.02. The number of ketones is 1. The summed E-state index contributed by atoms with van der Waals surface area (Å²) in [6, 6.07) is 8.90. The lowest BCUT2D eigenvalue weighted by atomic mass is 9.85. The molecule has 0 spiro atoms. The lowest BCUT2D eigenvalue weighted by Gasteiger charge is -2.34. The molecule has 1 saturated heterocycles. The van der Waals surface area contributed by atoms with Crippen LogP contribution in [0.2, 0.25) is 5.02 Å². The van der Waals surface area contributed by atoms with Gasteiger partial charge in [-0.3, -0.25) is 14.7 Å². The quantitative estimate of drug-likeness (QED) is 0.326. The first-order valence-corrected chi connectivity index (χ1v) is 13.5. The van der Waals surface area contributed by atoms with E-state index in [0.717, 1.165) is 68.2 Å². The highest BCUT2D eigenvalue weighted by molar-refractivity contribution is 6.32. The lowest BCUT2D eigenvalue weighted by molar-refractivity contribution is 0.101. The molecule has 0 bridgehead atoms. The second kappa shape index (κ2) is 10.9. The van der Waals surface area contributed by atoms with E-state index in [9.17, 15) is 19.4 Å². The number of hydrogen-bond donors (Lipinski definition) is 3. The number of aliphatic hydroxyl groups is 1. The Labute approximate surface area is 221 Å². The van der Waals surface area contributed by atoms with Gasteiger partial charge in [-0.2, -0.15) is 0 Å². The molecule has 5 rings (SSSR count). The number of aromatic nitrogens is 1. The highest BCUT2D eigenvalue weighted by Gasteiger charge is 2.29. The summed E-state index contributed by atoms with van der Waals surface area (Å²) in [5.41, 5.74) is 3.27. The van der Waals surface area contributed by atoms with E-state index in [-0.39, 0.29) is 23.5 Å². The third kappa shape index (κ3) is 5.44. The molecule has 2 aromatic carbocycles. The van der Waals surface area contributed by atoms with Gasteiger partial charge in [0.15, 0.2) is 17.3 Å². The van der Waals surface area contributed by atoms with Crippen molar-refractivity contribution in [2.24, 2.45) is 5.92 Å². The molecule has 2 aliphatic rings. The molecule has 8 heteroatoms. The van der Waals surface area contributed by atoms with Crippen LogP contribution in [0.3, 0.4) is 0 Å². The van der Waals surface area contributed by atoms with Gasteiger partial charge < -0.3 is 15.5 Å². The zero-order valence-corrected chi connectivity index (χ0v) is 21.8. The van der Waals surface area contributed by atoms with Crippen LogP contribution >= 0.6 is 11.6 Å². The monoisotopic (exact) mass is 525 g/mol. The van der Waals surface area contributed by atoms with Gasteiger partial charge in [-0.15, -0.1) is 0 Å². The van der Waals surface area contributed by atoms with Crippen LogP contribution in [-0.2, 0) is 0 Å². The number of fused-ring (bicyclic) bond motifs is 1. The number of benzene rings is 2. The summed E-state index contributed by atoms with van der Waals surface area (Å²) in [4.78, 5) is 19.5. The van der Waals surface area contributed by atoms with E-state index >= 15 is 0 Å². The molecule has 1 atom stereocenters. The smallest absolute Gasteiger partial charge is 0.170 e. The predicted molar refractivity (Wildman–Crippen MR) is 145 cm³/mol. The first-order chi connectivity index (χ1) is 17.8. The van der Waals surface area contributed by atoms with Crippen molar-refractivity contribution in [1.29, 1.82) is 0 Å². The fourth-order valence-electron chi connectivity index (χ4n) is 5.89. The first kappa shape index (κ1) is 25.9. The van der Waals surface area contributed by atoms with Crippen molar-refractivity contribution in [3.8, 4) is 16.9 Å². The molecule has 1 aliphatic carbocycles. The maximum Gasteiger partial charge on any atom is 0.170 e. The number of nitrogens with zero attached hydrogens (tertiary/aromatic N) is 2. The molecule has 1 aliphatic heterocycles. The molecule has 1 saturated carbocycles. The summed E-state index contributed by atoms with van der Waals surface area (Å²) in [7, 11) is 0. The van der Waals surface area contributed by atoms with Crippen molar-refractivity contribution >= 4 is 34.0 Å². The number of rotatable bonds is 7. The summed E-state index contributed by atoms with van der Waals surface area (Å²) in [5, 5.41) is 23.8. The van der Waals surface area contributed by atoms with Crippen LogP contribution in [0.4, 0.5) is 10.1 Å². The van der Waals surface area contributed by atoms with E-state index in [1.807, 2.05) is 18.2 Å². The Bertz CT molecular complexity index is 1290. The predicted octanol–water partition coefficient (Wildman–Crippen LogP) is 6.03. The number of hydrogen-bond acceptors (Lipinski definition) is 6. The SMILES string of the molecule is CC(=O)c1cnc2ccc(-c3cc(F)c(O)c(Cl)c3)cc2c1N[C@H]1CC[C@H](CN2CCC[C@H]2CO)CC1. The average molecular weight is 526 g/mol. The second-order valence-corrected chi connectivity index (χ2v) is 10.9. The van der Waals surface area contributed by atoms with E-state index in [2.05, 4.69) is 15.2 Å². The van der Waals surface area contributed by atoms with E-state index in [4.69, 9.17) is 11.6 Å². The van der Waals surface area contributed by atoms with Gasteiger partial charge in [-0.25, -0.2) is 4.39 Å². The highest BCUT2D eigenvalue weighted by Crippen LogP contribution is 2.37. The Morgan fingerprint density at radius 3 is 2.65 bits per heavy atom. The highest BCUT2D eigenvalue weighted by atomic mass is 35.5. The molecular weight excluding hydrogens is 493 g/mol. The zero-order valence-electron chi connectivity index (χ0n) is 21.0. The number of anilines is 1. The molecule has 196 valence electrons. The normalized spacial score (nSPS) is 22.4. The summed E-state index contributed by atoms with van der Waals surface area (Å²) in [6.45, 7) is 3.90. The molecule has 0 unspecified atom stereocenters. The summed E-state index contributed by atoms with van der Waals surface area (Å²) in [6.07, 6.45) is 8.07. The van der Waals surface area contributed by atoms with Gasteiger partial charge >= 0.3 is 0 Å². The van der Waals surface area contributed by atoms with Gasteiger partial charge in [-0.1, -0.05) is 17.7 Å². The summed E-state index contributed by atoms with van der Waals surface area (Å²) in [5.74, 6) is -0.805. The van der Waals surface area contributed by atoms with Crippen LogP contribution in [0.1, 0.15) is 55.8 Å². The minimum Gasteiger partial charge on any atom is -0.504 e. The van der Waals surface area contributed by atoms with Gasteiger partial charge in [0.1, 0.15) is 0 Å². The molecule has 6 nitrogen and oxygen atoms in total. The lowest BCUT2D eigenvalue weighted by Crippen LogP contribution is -2.38. The van der Waals surface area contributed by atoms with Crippen LogP contribution in [0.5, 0.6) is 5.75 Å². The van der Waals surface area contributed by atoms with Gasteiger partial charge in [0.25, 0.3) is 0 Å². The van der Waals surface area contributed by atoms with E-state index in [1.54, 1.807) is 6.20 Å². The van der Waals surface area contributed by atoms with Crippen LogP contribution in [0, 0.1) is 11.7 Å². The number of phenols is 1. The Kier molecular flexibility index (Phi) is 7.65. The Balaban J connectivity index is 1.39. The van der Waals surface area contributed by atoms with Crippen molar-refractivity contribution in [3.05, 3.63) is 52.9 Å². The number of phenolic OH excluding ortho intramolecular Hbond substituents is 1. The Morgan fingerprint density at radius 2 is 1.95 bits per heavy atom. The van der Waals surface area contributed by atoms with Crippen LogP contribution in [-0.4, -0.2) is 57.7 Å². The van der Waals surface area contributed by atoms with Crippen molar-refractivity contribution in [1.82, 2.24) is 9.88 Å². The maximum absolute atomic E-state index is 14.2. The molecule has 1 aromatic heterocycles. The minimum atomic E-state index is -0.785. The number of aromatic hydroxyl groups is 1. The standard InChI is InChI=1S/C29H33ClFN3O3/c1-17(36)24-14-32-27-9-6-19(20-12-25(30)29(37)26(31)13-20)11-23(27)28(24)33-21-7-4-18(5-8-21)15-34-10-2-3-22(34)16-35/h6,9,11-14,18,21-22,35,37H,2-5,7-8,10,15-16H2,1H3,(H,32,33)/t18-,21-,22-/m0/s1. The average Bonchev–Trinajstić information content (AvgIpc) is 3.34. The van der Waals surface area contributed by atoms with Gasteiger partial charge in [0.05, 0.1) is 28.4 Å². The van der Waals surface area contributed by atoms with Crippen molar-refractivity contribution < 1.29 is 19.4 Å². The van der Waals surface area contributed by atoms with E-state index in [1.165, 1.54) is 19.1 Å². The number of likely N-dealkylation sites (tertiary alicyclic amines) is 1. The molecule has 2 fully saturated rings. The van der Waals surface area contributed by atoms with Gasteiger partial charge in [0, 0.05) is 30.2 Å². The molecule has 37 heavy (non-hydrogen) atoms. The van der Waals surface area contributed by atoms with E-state index < -0.39 is 11.6 Å². The molecule has 3 N–H and O–H groups in total. The van der Waals surface area contributed by atoms with Gasteiger partial charge in [0.2, 0.25) is 0 Å². The number of pyridine rings is 1. The number of carbonyl (C=O) groups excluding carboxylic acids is 1. The Hall–Kier alpha value is -2.74. The third-order valence-corrected chi connectivity index (χ3v) is 8.28. The minimum absolute atomic E-state index is 0.0555. The number of aliphatic hydroxyl groups excluding tert-OH is 1. The Morgan fingerprint density at radius 1 is 1.16 bits per heavy atom. The van der Waals surface area contributed by atoms with Crippen LogP contribution in [0.15, 0.2) is 36.5 Å². The van der Waals surface area contributed by atoms with Crippen LogP contribution in [0.25, 0.3) is 22.0 Å². The molecule has 2 heterocycles. The number of carbonyl (C=O) groups is 1. The fraction of sp³-hybridized carbons (Fsp3) is 0.448. The second-order valence-electron chi connectivity index (χ2n) is 10.5. The fourth-order valence-corrected chi connectivity index (χ4v) is 6.10. The van der Waals surface area contributed by atoms with Crippen molar-refractivity contribution in [2.75, 3.05) is 25.0 Å². The molecule has 0 amide bonds. The first-order valence-electron chi connectivity index (χ1n) is 13.1. The number of nitrogens with one attached hydrogen (secondary N) is 1. The van der Waals surface area contributed by atoms with Crippen molar-refractivity contribution in [3.63, 3.8) is 0 Å². The van der Waals surface area contributed by atoms with Crippen molar-refractivity contribution in [2.45, 2.75) is 57.5 Å². The van der Waals surface area contributed by atoms with Gasteiger partial charge in [-0.05, 0) is 93.3 Å². The third-order valence-electron chi connectivity index (χ3n) is 8.00. The van der Waals surface area contributed by atoms with E-state index in [0.29, 0.717) is 28.7 Å². The molecule has 0 radical (unpaired) electrons. The topological polar surface area (TPSA) is 85.7 Å². The summed E-state index contributed by atoms with van der Waals surface area (Å²) < 4.78 is 14.2. The largest absolute Gasteiger partial charge is 0.504 e. The number of Topliss-reactive ketones (excluding diaryl/α,β-unsaturated/α-hetero) is 1. The number of halogens is 2. The molecular formula is C29H33ClFN3O3.